The average molecular weight is 256 g/mol. The first-order chi connectivity index (χ1) is 9.13. The summed E-state index contributed by atoms with van der Waals surface area (Å²) in [6.45, 7) is 3.93. The number of carbonyl (C=O) groups excluding carboxylic acids is 1. The monoisotopic (exact) mass is 256 g/mol. The van der Waals surface area contributed by atoms with Crippen molar-refractivity contribution in [3.8, 4) is 5.75 Å². The summed E-state index contributed by atoms with van der Waals surface area (Å²) in [7, 11) is 1.64. The van der Waals surface area contributed by atoms with Gasteiger partial charge in [0.05, 0.1) is 7.11 Å². The van der Waals surface area contributed by atoms with Crippen molar-refractivity contribution < 1.29 is 9.53 Å². The van der Waals surface area contributed by atoms with Gasteiger partial charge in [0.25, 0.3) is 5.91 Å². The summed E-state index contributed by atoms with van der Waals surface area (Å²) in [4.78, 5) is 16.0. The van der Waals surface area contributed by atoms with E-state index in [4.69, 9.17) is 4.74 Å². The van der Waals surface area contributed by atoms with Crippen molar-refractivity contribution in [1.29, 1.82) is 0 Å². The Labute approximate surface area is 112 Å². The van der Waals surface area contributed by atoms with Crippen LogP contribution in [0.3, 0.4) is 0 Å². The van der Waals surface area contributed by atoms with Gasteiger partial charge in [0.15, 0.2) is 0 Å². The Kier molecular flexibility index (Phi) is 3.80. The highest BCUT2D eigenvalue weighted by Crippen LogP contribution is 2.27. The molecule has 0 unspecified atom stereocenters. The second kappa shape index (κ2) is 5.52. The number of methoxy groups -OCH3 is 1. The summed E-state index contributed by atoms with van der Waals surface area (Å²) in [5, 5.41) is 2.90. The molecule has 2 rings (SSSR count). The van der Waals surface area contributed by atoms with E-state index in [-0.39, 0.29) is 5.91 Å². The van der Waals surface area contributed by atoms with Crippen molar-refractivity contribution in [2.75, 3.05) is 12.4 Å². The maximum atomic E-state index is 12.1. The molecule has 1 aromatic carbocycles. The lowest BCUT2D eigenvalue weighted by atomic mass is 10.1. The third-order valence-electron chi connectivity index (χ3n) is 3.15. The minimum absolute atomic E-state index is 0.143. The number of pyridine rings is 1. The van der Waals surface area contributed by atoms with Crippen LogP contribution in [-0.2, 0) is 0 Å². The number of benzene rings is 1. The number of ether oxygens (including phenoxy) is 1. The standard InChI is InChI=1S/C15H16N2O2/c1-10-11(2)14(19-3)5-4-13(10)17-15(18)12-6-8-16-9-7-12/h4-9H,1-3H3,(H,17,18). The van der Waals surface area contributed by atoms with Gasteiger partial charge in [0, 0.05) is 23.6 Å². The van der Waals surface area contributed by atoms with Crippen LogP contribution >= 0.6 is 0 Å². The fraction of sp³-hybridized carbons (Fsp3) is 0.200. The highest BCUT2D eigenvalue weighted by molar-refractivity contribution is 6.04. The van der Waals surface area contributed by atoms with Crippen LogP contribution in [-0.4, -0.2) is 18.0 Å². The van der Waals surface area contributed by atoms with Crippen LogP contribution in [0.1, 0.15) is 21.5 Å². The lowest BCUT2D eigenvalue weighted by molar-refractivity contribution is 0.102. The van der Waals surface area contributed by atoms with Crippen LogP contribution in [0.25, 0.3) is 0 Å². The van der Waals surface area contributed by atoms with E-state index in [2.05, 4.69) is 10.3 Å². The van der Waals surface area contributed by atoms with Crippen LogP contribution in [0.4, 0.5) is 5.69 Å². The van der Waals surface area contributed by atoms with Gasteiger partial charge >= 0.3 is 0 Å². The average Bonchev–Trinajstić information content (AvgIpc) is 2.45. The van der Waals surface area contributed by atoms with Crippen molar-refractivity contribution in [3.05, 3.63) is 53.3 Å². The number of carbonyl (C=O) groups is 1. The number of rotatable bonds is 3. The van der Waals surface area contributed by atoms with E-state index in [9.17, 15) is 4.79 Å². The molecule has 1 heterocycles. The number of hydrogen-bond donors (Lipinski definition) is 1. The first-order valence-electron chi connectivity index (χ1n) is 5.99. The predicted molar refractivity (Wildman–Crippen MR) is 74.7 cm³/mol. The first kappa shape index (κ1) is 13.1. The lowest BCUT2D eigenvalue weighted by Gasteiger charge is -2.13. The molecule has 0 radical (unpaired) electrons. The predicted octanol–water partition coefficient (Wildman–Crippen LogP) is 2.96. The van der Waals surface area contributed by atoms with Gasteiger partial charge in [-0.1, -0.05) is 0 Å². The molecule has 2 aromatic rings. The van der Waals surface area contributed by atoms with Crippen LogP contribution in [0.2, 0.25) is 0 Å². The van der Waals surface area contributed by atoms with Crippen molar-refractivity contribution in [2.24, 2.45) is 0 Å². The highest BCUT2D eigenvalue weighted by Gasteiger charge is 2.10. The van der Waals surface area contributed by atoms with E-state index in [1.807, 2.05) is 26.0 Å². The van der Waals surface area contributed by atoms with Gasteiger partial charge in [0.2, 0.25) is 0 Å². The smallest absolute Gasteiger partial charge is 0.255 e. The Morgan fingerprint density at radius 2 is 1.79 bits per heavy atom. The molecule has 0 atom stereocenters. The third-order valence-corrected chi connectivity index (χ3v) is 3.15. The number of nitrogens with zero attached hydrogens (tertiary/aromatic N) is 1. The summed E-state index contributed by atoms with van der Waals surface area (Å²) in [6.07, 6.45) is 3.20. The zero-order valence-electron chi connectivity index (χ0n) is 11.2. The van der Waals surface area contributed by atoms with Gasteiger partial charge in [-0.2, -0.15) is 0 Å². The summed E-state index contributed by atoms with van der Waals surface area (Å²) in [6, 6.07) is 7.06. The molecular weight excluding hydrogens is 240 g/mol. The number of aromatic nitrogens is 1. The van der Waals surface area contributed by atoms with Crippen LogP contribution in [0.5, 0.6) is 5.75 Å². The molecule has 1 N–H and O–H groups in total. The Bertz CT molecular complexity index is 595. The molecule has 1 aromatic heterocycles. The summed E-state index contributed by atoms with van der Waals surface area (Å²) in [5.41, 5.74) is 3.40. The molecule has 98 valence electrons. The molecule has 1 amide bonds. The third kappa shape index (κ3) is 2.73. The summed E-state index contributed by atoms with van der Waals surface area (Å²) < 4.78 is 5.25. The van der Waals surface area contributed by atoms with Crippen LogP contribution in [0, 0.1) is 13.8 Å². The zero-order valence-corrected chi connectivity index (χ0v) is 11.2. The van der Waals surface area contributed by atoms with Crippen LogP contribution < -0.4 is 10.1 Å². The summed E-state index contributed by atoms with van der Waals surface area (Å²) in [5.74, 6) is 0.675. The van der Waals surface area contributed by atoms with Crippen molar-refractivity contribution >= 4 is 11.6 Å². The SMILES string of the molecule is COc1ccc(NC(=O)c2ccncc2)c(C)c1C. The minimum Gasteiger partial charge on any atom is -0.496 e. The maximum Gasteiger partial charge on any atom is 0.255 e. The molecule has 0 bridgehead atoms. The Morgan fingerprint density at radius 1 is 1.11 bits per heavy atom. The Hall–Kier alpha value is -2.36. The molecule has 0 aliphatic carbocycles. The maximum absolute atomic E-state index is 12.1. The van der Waals surface area contributed by atoms with E-state index in [0.29, 0.717) is 5.56 Å². The number of amides is 1. The van der Waals surface area contributed by atoms with Gasteiger partial charge in [-0.25, -0.2) is 0 Å². The van der Waals surface area contributed by atoms with Gasteiger partial charge in [-0.05, 0) is 49.2 Å². The quantitative estimate of drug-likeness (QED) is 0.918. The van der Waals surface area contributed by atoms with E-state index in [1.165, 1.54) is 0 Å². The van der Waals surface area contributed by atoms with Gasteiger partial charge in [-0.15, -0.1) is 0 Å². The molecule has 0 saturated carbocycles. The number of nitrogens with one attached hydrogen (secondary N) is 1. The molecule has 4 heteroatoms. The molecule has 0 saturated heterocycles. The second-order valence-electron chi connectivity index (χ2n) is 4.26. The fourth-order valence-corrected chi connectivity index (χ4v) is 1.85. The Morgan fingerprint density at radius 3 is 2.42 bits per heavy atom. The van der Waals surface area contributed by atoms with Gasteiger partial charge in [0.1, 0.15) is 5.75 Å². The molecular formula is C15H16N2O2. The van der Waals surface area contributed by atoms with Crippen molar-refractivity contribution in [2.45, 2.75) is 13.8 Å². The Balaban J connectivity index is 2.25. The fourth-order valence-electron chi connectivity index (χ4n) is 1.85. The molecule has 19 heavy (non-hydrogen) atoms. The molecule has 0 aliphatic rings. The zero-order chi connectivity index (χ0) is 13.8. The largest absolute Gasteiger partial charge is 0.496 e. The van der Waals surface area contributed by atoms with Crippen molar-refractivity contribution in [1.82, 2.24) is 4.98 Å². The lowest BCUT2D eigenvalue weighted by Crippen LogP contribution is -2.13. The molecule has 4 nitrogen and oxygen atoms in total. The molecule has 0 aliphatic heterocycles. The highest BCUT2D eigenvalue weighted by atomic mass is 16.5. The summed E-state index contributed by atoms with van der Waals surface area (Å²) >= 11 is 0. The van der Waals surface area contributed by atoms with Crippen molar-refractivity contribution in [3.63, 3.8) is 0 Å². The van der Waals surface area contributed by atoms with Gasteiger partial charge < -0.3 is 10.1 Å². The normalized spacial score (nSPS) is 10.1. The topological polar surface area (TPSA) is 51.2 Å². The minimum atomic E-state index is -0.143. The van der Waals surface area contributed by atoms with E-state index in [0.717, 1.165) is 22.6 Å². The van der Waals surface area contributed by atoms with E-state index < -0.39 is 0 Å². The second-order valence-corrected chi connectivity index (χ2v) is 4.26. The molecule has 0 spiro atoms. The van der Waals surface area contributed by atoms with Crippen LogP contribution in [0.15, 0.2) is 36.7 Å². The van der Waals surface area contributed by atoms with Gasteiger partial charge in [-0.3, -0.25) is 9.78 Å². The number of anilines is 1. The van der Waals surface area contributed by atoms with E-state index in [1.54, 1.807) is 31.6 Å². The van der Waals surface area contributed by atoms with E-state index >= 15 is 0 Å². The number of hydrogen-bond acceptors (Lipinski definition) is 3. The molecule has 0 fully saturated rings. The first-order valence-corrected chi connectivity index (χ1v) is 5.99.